The van der Waals surface area contributed by atoms with Gasteiger partial charge in [0, 0.05) is 11.3 Å². The van der Waals surface area contributed by atoms with Gasteiger partial charge in [-0.25, -0.2) is 0 Å². The van der Waals surface area contributed by atoms with Gasteiger partial charge in [-0.1, -0.05) is 45.9 Å². The van der Waals surface area contributed by atoms with Crippen LogP contribution in [0.5, 0.6) is 0 Å². The van der Waals surface area contributed by atoms with Crippen LogP contribution in [0.15, 0.2) is 30.5 Å². The zero-order valence-electron chi connectivity index (χ0n) is 10.1. The third kappa shape index (κ3) is 3.66. The lowest BCUT2D eigenvalue weighted by molar-refractivity contribution is 0.853. The van der Waals surface area contributed by atoms with Crippen LogP contribution in [-0.4, -0.2) is 0 Å². The molecule has 0 bridgehead atoms. The largest absolute Gasteiger partial charge is 0.404 e. The molecule has 1 aromatic carbocycles. The highest BCUT2D eigenvalue weighted by molar-refractivity contribution is 5.75. The number of hydrogen-bond acceptors (Lipinski definition) is 2. The van der Waals surface area contributed by atoms with E-state index in [-0.39, 0.29) is 0 Å². The minimum atomic E-state index is 0.398. The molecule has 0 saturated carbocycles. The van der Waals surface area contributed by atoms with Gasteiger partial charge in [0.1, 0.15) is 0 Å². The number of nitrogens with two attached hydrogens (primary N) is 2. The van der Waals surface area contributed by atoms with Crippen LogP contribution in [0.4, 0.5) is 5.69 Å². The lowest BCUT2D eigenvalue weighted by atomic mass is 9.95. The Bertz CT molecular complexity index is 314. The number of benzene rings is 1. The van der Waals surface area contributed by atoms with E-state index < -0.39 is 0 Å². The molecule has 0 atom stereocenters. The Hall–Kier alpha value is -1.44. The second kappa shape index (κ2) is 6.93. The van der Waals surface area contributed by atoms with E-state index in [1.165, 1.54) is 0 Å². The fourth-order valence-corrected chi connectivity index (χ4v) is 1.35. The number of anilines is 1. The van der Waals surface area contributed by atoms with E-state index in [4.69, 9.17) is 11.5 Å². The van der Waals surface area contributed by atoms with Gasteiger partial charge >= 0.3 is 0 Å². The first-order chi connectivity index (χ1) is 7.16. The van der Waals surface area contributed by atoms with Crippen molar-refractivity contribution in [1.29, 1.82) is 0 Å². The molecule has 0 spiro atoms. The predicted octanol–water partition coefficient (Wildman–Crippen LogP) is 3.25. The molecule has 1 aromatic rings. The van der Waals surface area contributed by atoms with Gasteiger partial charge in [-0.2, -0.15) is 0 Å². The number of para-hydroxylation sites is 1. The standard InChI is InChI=1S/C11H16N2.C2H6/c1-8(2)10(7-12)9-5-3-4-6-11(9)13;1-2/h3-8H,12-13H2,1-2H3;1-2H3/b10-7-;. The van der Waals surface area contributed by atoms with Crippen LogP contribution in [0.3, 0.4) is 0 Å². The van der Waals surface area contributed by atoms with Crippen LogP contribution in [-0.2, 0) is 0 Å². The third-order valence-corrected chi connectivity index (χ3v) is 2.07. The van der Waals surface area contributed by atoms with Gasteiger partial charge in [-0.15, -0.1) is 0 Å². The molecule has 0 heterocycles. The van der Waals surface area contributed by atoms with Crippen LogP contribution >= 0.6 is 0 Å². The van der Waals surface area contributed by atoms with E-state index in [1.807, 2.05) is 38.1 Å². The van der Waals surface area contributed by atoms with Crippen LogP contribution < -0.4 is 11.5 Å². The third-order valence-electron chi connectivity index (χ3n) is 2.07. The quantitative estimate of drug-likeness (QED) is 0.730. The van der Waals surface area contributed by atoms with Crippen molar-refractivity contribution >= 4 is 11.3 Å². The highest BCUT2D eigenvalue weighted by Crippen LogP contribution is 2.26. The van der Waals surface area contributed by atoms with Crippen molar-refractivity contribution in [1.82, 2.24) is 0 Å². The second-order valence-electron chi connectivity index (χ2n) is 3.36. The van der Waals surface area contributed by atoms with Crippen molar-refractivity contribution in [3.63, 3.8) is 0 Å². The van der Waals surface area contributed by atoms with Gasteiger partial charge < -0.3 is 11.5 Å². The Kier molecular flexibility index (Phi) is 6.27. The Balaban J connectivity index is 0.000000921. The minimum absolute atomic E-state index is 0.398. The maximum Gasteiger partial charge on any atom is 0.0391 e. The zero-order valence-corrected chi connectivity index (χ0v) is 10.1. The summed E-state index contributed by atoms with van der Waals surface area (Å²) >= 11 is 0. The van der Waals surface area contributed by atoms with Crippen molar-refractivity contribution < 1.29 is 0 Å². The fraction of sp³-hybridized carbons (Fsp3) is 0.385. The normalized spacial score (nSPS) is 10.9. The van der Waals surface area contributed by atoms with E-state index in [0.717, 1.165) is 16.8 Å². The molecule has 1 rings (SSSR count). The molecule has 2 nitrogen and oxygen atoms in total. The Morgan fingerprint density at radius 3 is 2.13 bits per heavy atom. The molecule has 4 N–H and O–H groups in total. The van der Waals surface area contributed by atoms with Crippen molar-refractivity contribution in [3.8, 4) is 0 Å². The molecule has 84 valence electrons. The highest BCUT2D eigenvalue weighted by Gasteiger charge is 2.07. The Labute approximate surface area is 93.0 Å². The van der Waals surface area contributed by atoms with E-state index in [0.29, 0.717) is 5.92 Å². The molecule has 0 amide bonds. The molecule has 0 aliphatic carbocycles. The van der Waals surface area contributed by atoms with Crippen LogP contribution in [0.2, 0.25) is 0 Å². The molecule has 0 unspecified atom stereocenters. The summed E-state index contributed by atoms with van der Waals surface area (Å²) in [5.74, 6) is 0.398. The molecular weight excluding hydrogens is 184 g/mol. The van der Waals surface area contributed by atoms with Crippen LogP contribution in [0, 0.1) is 5.92 Å². The highest BCUT2D eigenvalue weighted by atomic mass is 14.6. The van der Waals surface area contributed by atoms with E-state index in [1.54, 1.807) is 6.20 Å². The number of nitrogen functional groups attached to an aromatic ring is 1. The van der Waals surface area contributed by atoms with Gasteiger partial charge in [0.2, 0.25) is 0 Å². The van der Waals surface area contributed by atoms with E-state index >= 15 is 0 Å². The average Bonchev–Trinajstić information content (AvgIpc) is 2.24. The van der Waals surface area contributed by atoms with Gasteiger partial charge in [0.05, 0.1) is 0 Å². The molecule has 0 aliphatic rings. The summed E-state index contributed by atoms with van der Waals surface area (Å²) in [6, 6.07) is 7.78. The van der Waals surface area contributed by atoms with Crippen molar-refractivity contribution in [3.05, 3.63) is 36.0 Å². The predicted molar refractivity (Wildman–Crippen MR) is 69.2 cm³/mol. The lowest BCUT2D eigenvalue weighted by Crippen LogP contribution is -2.00. The summed E-state index contributed by atoms with van der Waals surface area (Å²) in [5, 5.41) is 0. The zero-order chi connectivity index (χ0) is 11.8. The summed E-state index contributed by atoms with van der Waals surface area (Å²) in [6.07, 6.45) is 1.64. The molecule has 0 radical (unpaired) electrons. The number of hydrogen-bond donors (Lipinski definition) is 2. The summed E-state index contributed by atoms with van der Waals surface area (Å²) in [5.41, 5.74) is 14.3. The summed E-state index contributed by atoms with van der Waals surface area (Å²) in [6.45, 7) is 8.20. The van der Waals surface area contributed by atoms with E-state index in [2.05, 4.69) is 13.8 Å². The van der Waals surface area contributed by atoms with E-state index in [9.17, 15) is 0 Å². The molecule has 0 fully saturated rings. The topological polar surface area (TPSA) is 52.0 Å². The maximum atomic E-state index is 5.84. The van der Waals surface area contributed by atoms with Gasteiger partial charge in [0.25, 0.3) is 0 Å². The van der Waals surface area contributed by atoms with Crippen molar-refractivity contribution in [2.45, 2.75) is 27.7 Å². The Morgan fingerprint density at radius 2 is 1.73 bits per heavy atom. The fourth-order valence-electron chi connectivity index (χ4n) is 1.35. The molecule has 2 heteroatoms. The first-order valence-electron chi connectivity index (χ1n) is 5.43. The monoisotopic (exact) mass is 206 g/mol. The average molecular weight is 206 g/mol. The lowest BCUT2D eigenvalue weighted by Gasteiger charge is -2.12. The maximum absolute atomic E-state index is 5.84. The number of rotatable bonds is 2. The number of allylic oxidation sites excluding steroid dienone is 1. The molecule has 0 saturated heterocycles. The molecule has 15 heavy (non-hydrogen) atoms. The summed E-state index contributed by atoms with van der Waals surface area (Å²) in [7, 11) is 0. The summed E-state index contributed by atoms with van der Waals surface area (Å²) in [4.78, 5) is 0. The molecule has 0 aromatic heterocycles. The second-order valence-corrected chi connectivity index (χ2v) is 3.36. The van der Waals surface area contributed by atoms with Crippen LogP contribution in [0.25, 0.3) is 5.57 Å². The van der Waals surface area contributed by atoms with Gasteiger partial charge in [-0.3, -0.25) is 0 Å². The van der Waals surface area contributed by atoms with Gasteiger partial charge in [-0.05, 0) is 23.8 Å². The minimum Gasteiger partial charge on any atom is -0.404 e. The first kappa shape index (κ1) is 13.6. The first-order valence-corrected chi connectivity index (χ1v) is 5.43. The molecule has 0 aliphatic heterocycles. The van der Waals surface area contributed by atoms with Crippen LogP contribution in [0.1, 0.15) is 33.3 Å². The Morgan fingerprint density at radius 1 is 1.20 bits per heavy atom. The van der Waals surface area contributed by atoms with Crippen molar-refractivity contribution in [2.75, 3.05) is 5.73 Å². The molecular formula is C13H22N2. The summed E-state index contributed by atoms with van der Waals surface area (Å²) < 4.78 is 0. The van der Waals surface area contributed by atoms with Gasteiger partial charge in [0.15, 0.2) is 0 Å². The smallest absolute Gasteiger partial charge is 0.0391 e. The SMILES string of the molecule is CC.CC(C)/C(=C/N)c1ccccc1N. The van der Waals surface area contributed by atoms with Crippen molar-refractivity contribution in [2.24, 2.45) is 11.7 Å².